The highest BCUT2D eigenvalue weighted by atomic mass is 35.5. The van der Waals surface area contributed by atoms with Gasteiger partial charge in [0.15, 0.2) is 6.19 Å². The molecule has 0 fully saturated rings. The fourth-order valence-electron chi connectivity index (χ4n) is 2.03. The Balaban J connectivity index is 2.35. The van der Waals surface area contributed by atoms with Crippen LogP contribution in [-0.4, -0.2) is 32.8 Å². The first-order chi connectivity index (χ1) is 12.2. The number of para-hydroxylation sites is 1. The molecule has 0 aliphatic carbocycles. The molecule has 2 rings (SSSR count). The summed E-state index contributed by atoms with van der Waals surface area (Å²) in [6, 6.07) is 10.8. The van der Waals surface area contributed by atoms with Crippen molar-refractivity contribution in [2.75, 3.05) is 24.3 Å². The Morgan fingerprint density at radius 1 is 1.15 bits per heavy atom. The highest BCUT2D eigenvalue weighted by Gasteiger charge is 2.22. The molecule has 0 aliphatic rings. The first kappa shape index (κ1) is 20.0. The zero-order chi connectivity index (χ0) is 19.5. The van der Waals surface area contributed by atoms with E-state index in [-0.39, 0.29) is 21.6 Å². The van der Waals surface area contributed by atoms with Crippen LogP contribution in [0.25, 0.3) is 0 Å². The van der Waals surface area contributed by atoms with Crippen LogP contribution in [0.2, 0.25) is 10.0 Å². The minimum atomic E-state index is -3.76. The lowest BCUT2D eigenvalue weighted by Gasteiger charge is -2.19. The van der Waals surface area contributed by atoms with Crippen molar-refractivity contribution in [1.29, 1.82) is 10.7 Å². The third-order valence-corrected chi connectivity index (χ3v) is 5.99. The van der Waals surface area contributed by atoms with Gasteiger partial charge in [0.05, 0.1) is 15.7 Å². The van der Waals surface area contributed by atoms with Gasteiger partial charge in [-0.1, -0.05) is 35.3 Å². The maximum atomic E-state index is 12.3. The lowest BCUT2D eigenvalue weighted by molar-refractivity contribution is 0.521. The summed E-state index contributed by atoms with van der Waals surface area (Å²) >= 11 is 12.1. The molecule has 0 saturated carbocycles. The standard InChI is InChI=1S/C16H15Cl2N5O2S/c1-22(2)26(24,25)15-9-11(7-8-13(15)18)21-16(20)23(10-19)14-6-4-3-5-12(14)17/h3-9H,1-2H3,(H2,20,21). The van der Waals surface area contributed by atoms with Crippen molar-refractivity contribution in [2.24, 2.45) is 0 Å². The van der Waals surface area contributed by atoms with Gasteiger partial charge in [0, 0.05) is 19.8 Å². The molecule has 0 radical (unpaired) electrons. The van der Waals surface area contributed by atoms with Crippen molar-refractivity contribution in [1.82, 2.24) is 4.31 Å². The van der Waals surface area contributed by atoms with Crippen molar-refractivity contribution in [3.05, 3.63) is 52.5 Å². The molecule has 0 heterocycles. The minimum absolute atomic E-state index is 0.0547. The Morgan fingerprint density at radius 3 is 2.38 bits per heavy atom. The third kappa shape index (κ3) is 4.08. The summed E-state index contributed by atoms with van der Waals surface area (Å²) in [5, 5.41) is 20.5. The number of guanidine groups is 1. The molecular weight excluding hydrogens is 397 g/mol. The first-order valence-corrected chi connectivity index (χ1v) is 9.40. The van der Waals surface area contributed by atoms with Gasteiger partial charge in [-0.15, -0.1) is 0 Å². The largest absolute Gasteiger partial charge is 0.325 e. The molecule has 0 saturated heterocycles. The number of nitrogens with one attached hydrogen (secondary N) is 2. The lowest BCUT2D eigenvalue weighted by atomic mass is 10.3. The van der Waals surface area contributed by atoms with Crippen LogP contribution in [0.5, 0.6) is 0 Å². The summed E-state index contributed by atoms with van der Waals surface area (Å²) in [7, 11) is -0.976. The van der Waals surface area contributed by atoms with Gasteiger partial charge in [-0.3, -0.25) is 5.41 Å². The molecule has 2 N–H and O–H groups in total. The number of nitrogens with zero attached hydrogens (tertiary/aromatic N) is 3. The normalized spacial score (nSPS) is 11.1. The second-order valence-corrected chi connectivity index (χ2v) is 8.23. The average molecular weight is 412 g/mol. The third-order valence-electron chi connectivity index (χ3n) is 3.37. The second-order valence-electron chi connectivity index (χ2n) is 5.29. The Hall–Kier alpha value is -2.31. The highest BCUT2D eigenvalue weighted by Crippen LogP contribution is 2.28. The Morgan fingerprint density at radius 2 is 1.81 bits per heavy atom. The number of sulfonamides is 1. The first-order valence-electron chi connectivity index (χ1n) is 7.20. The van der Waals surface area contributed by atoms with E-state index < -0.39 is 10.0 Å². The number of benzene rings is 2. The van der Waals surface area contributed by atoms with E-state index in [1.165, 1.54) is 32.3 Å². The Kier molecular flexibility index (Phi) is 6.10. The van der Waals surface area contributed by atoms with Crippen LogP contribution in [-0.2, 0) is 10.0 Å². The molecule has 0 unspecified atom stereocenters. The molecule has 26 heavy (non-hydrogen) atoms. The molecule has 0 aromatic heterocycles. The van der Waals surface area contributed by atoms with Crippen LogP contribution in [0.1, 0.15) is 0 Å². The molecular formula is C16H15Cl2N5O2S. The Bertz CT molecular complexity index is 986. The van der Waals surface area contributed by atoms with Gasteiger partial charge >= 0.3 is 0 Å². The molecule has 0 aliphatic heterocycles. The van der Waals surface area contributed by atoms with Crippen molar-refractivity contribution in [3.63, 3.8) is 0 Å². The average Bonchev–Trinajstić information content (AvgIpc) is 2.58. The summed E-state index contributed by atoms with van der Waals surface area (Å²) < 4.78 is 25.7. The van der Waals surface area contributed by atoms with Crippen LogP contribution < -0.4 is 10.2 Å². The molecule has 0 spiro atoms. The maximum Gasteiger partial charge on any atom is 0.244 e. The van der Waals surface area contributed by atoms with Gasteiger partial charge in [-0.2, -0.15) is 5.26 Å². The van der Waals surface area contributed by atoms with Gasteiger partial charge in [0.1, 0.15) is 4.90 Å². The van der Waals surface area contributed by atoms with E-state index in [0.29, 0.717) is 10.7 Å². The fourth-order valence-corrected chi connectivity index (χ4v) is 3.64. The van der Waals surface area contributed by atoms with E-state index >= 15 is 0 Å². The van der Waals surface area contributed by atoms with Gasteiger partial charge in [-0.25, -0.2) is 17.6 Å². The minimum Gasteiger partial charge on any atom is -0.325 e. The number of hydrogen-bond donors (Lipinski definition) is 2. The predicted octanol–water partition coefficient (Wildman–Crippen LogP) is 3.58. The number of anilines is 2. The predicted molar refractivity (Wildman–Crippen MR) is 103 cm³/mol. The van der Waals surface area contributed by atoms with Gasteiger partial charge < -0.3 is 5.32 Å². The number of nitriles is 1. The molecule has 7 nitrogen and oxygen atoms in total. The van der Waals surface area contributed by atoms with E-state index in [2.05, 4.69) is 5.32 Å². The highest BCUT2D eigenvalue weighted by molar-refractivity contribution is 7.89. The number of halogens is 2. The smallest absolute Gasteiger partial charge is 0.244 e. The lowest BCUT2D eigenvalue weighted by Crippen LogP contribution is -2.31. The van der Waals surface area contributed by atoms with E-state index in [1.807, 2.05) is 6.19 Å². The number of hydrogen-bond acceptors (Lipinski definition) is 4. The van der Waals surface area contributed by atoms with Gasteiger partial charge in [0.2, 0.25) is 16.0 Å². The summed E-state index contributed by atoms with van der Waals surface area (Å²) in [4.78, 5) is 0.875. The zero-order valence-electron chi connectivity index (χ0n) is 13.9. The van der Waals surface area contributed by atoms with E-state index in [0.717, 1.165) is 9.21 Å². The van der Waals surface area contributed by atoms with E-state index in [1.54, 1.807) is 24.3 Å². The monoisotopic (exact) mass is 411 g/mol. The molecule has 0 atom stereocenters. The molecule has 2 aromatic carbocycles. The summed E-state index contributed by atoms with van der Waals surface area (Å²) in [6.45, 7) is 0. The Labute approximate surface area is 161 Å². The van der Waals surface area contributed by atoms with E-state index in [4.69, 9.17) is 28.6 Å². The molecule has 10 heteroatoms. The van der Waals surface area contributed by atoms with Crippen molar-refractivity contribution in [2.45, 2.75) is 4.90 Å². The van der Waals surface area contributed by atoms with Gasteiger partial charge in [-0.05, 0) is 30.3 Å². The molecule has 2 aromatic rings. The fraction of sp³-hybridized carbons (Fsp3) is 0.125. The molecule has 0 amide bonds. The van der Waals surface area contributed by atoms with Crippen molar-refractivity contribution < 1.29 is 8.42 Å². The summed E-state index contributed by atoms with van der Waals surface area (Å²) in [5.41, 5.74) is 0.608. The van der Waals surface area contributed by atoms with Crippen molar-refractivity contribution >= 4 is 50.6 Å². The van der Waals surface area contributed by atoms with Crippen LogP contribution >= 0.6 is 23.2 Å². The molecule has 0 bridgehead atoms. The second kappa shape index (κ2) is 7.93. The number of rotatable bonds is 4. The van der Waals surface area contributed by atoms with Gasteiger partial charge in [0.25, 0.3) is 0 Å². The quantitative estimate of drug-likeness (QED) is 0.346. The zero-order valence-corrected chi connectivity index (χ0v) is 16.2. The van der Waals surface area contributed by atoms with Crippen LogP contribution in [0.3, 0.4) is 0 Å². The van der Waals surface area contributed by atoms with Crippen LogP contribution in [0.15, 0.2) is 47.4 Å². The molecule has 136 valence electrons. The van der Waals surface area contributed by atoms with Crippen molar-refractivity contribution in [3.8, 4) is 6.19 Å². The van der Waals surface area contributed by atoms with Crippen LogP contribution in [0, 0.1) is 16.9 Å². The SMILES string of the molecule is CN(C)S(=O)(=O)c1cc(NC(=N)N(C#N)c2ccccc2Cl)ccc1Cl. The maximum absolute atomic E-state index is 12.3. The van der Waals surface area contributed by atoms with E-state index in [9.17, 15) is 13.7 Å². The summed E-state index contributed by atoms with van der Waals surface area (Å²) in [5.74, 6) is -0.295. The topological polar surface area (TPSA) is 100 Å². The van der Waals surface area contributed by atoms with Crippen LogP contribution in [0.4, 0.5) is 11.4 Å². The summed E-state index contributed by atoms with van der Waals surface area (Å²) in [6.07, 6.45) is 1.86.